The fourth-order valence-corrected chi connectivity index (χ4v) is 2.38. The predicted octanol–water partition coefficient (Wildman–Crippen LogP) is 3.43. The van der Waals surface area contributed by atoms with Crippen LogP contribution in [0.4, 0.5) is 0 Å². The van der Waals surface area contributed by atoms with E-state index in [0.717, 1.165) is 41.8 Å². The first-order valence-corrected chi connectivity index (χ1v) is 7.75. The van der Waals surface area contributed by atoms with Crippen molar-refractivity contribution in [3.8, 4) is 5.75 Å². The van der Waals surface area contributed by atoms with E-state index in [1.807, 2.05) is 32.0 Å². The molecule has 24 heavy (non-hydrogen) atoms. The molecule has 0 saturated carbocycles. The van der Waals surface area contributed by atoms with Crippen molar-refractivity contribution in [3.63, 3.8) is 0 Å². The molecule has 0 radical (unpaired) electrons. The number of methoxy groups -OCH3 is 1. The Kier molecular flexibility index (Phi) is 8.67. The van der Waals surface area contributed by atoms with Crippen molar-refractivity contribution >= 4 is 29.9 Å². The highest BCUT2D eigenvalue weighted by Gasteiger charge is 2.05. The Morgan fingerprint density at radius 2 is 1.88 bits per heavy atom. The van der Waals surface area contributed by atoms with E-state index in [0.29, 0.717) is 6.54 Å². The van der Waals surface area contributed by atoms with Crippen LogP contribution in [0.15, 0.2) is 39.7 Å². The molecule has 1 aromatic heterocycles. The highest BCUT2D eigenvalue weighted by Crippen LogP contribution is 2.13. The van der Waals surface area contributed by atoms with Crippen molar-refractivity contribution in [2.75, 3.05) is 20.7 Å². The molecule has 1 heterocycles. The van der Waals surface area contributed by atoms with E-state index in [-0.39, 0.29) is 24.0 Å². The fourth-order valence-electron chi connectivity index (χ4n) is 2.38. The number of guanidine groups is 1. The van der Waals surface area contributed by atoms with Crippen LogP contribution >= 0.6 is 24.0 Å². The van der Waals surface area contributed by atoms with Crippen LogP contribution in [-0.2, 0) is 13.0 Å². The Morgan fingerprint density at radius 1 is 1.17 bits per heavy atom. The Labute approximate surface area is 160 Å². The third kappa shape index (κ3) is 6.07. The molecule has 0 amide bonds. The number of hydrogen-bond donors (Lipinski definition) is 2. The second kappa shape index (κ2) is 10.2. The summed E-state index contributed by atoms with van der Waals surface area (Å²) in [5.41, 5.74) is 2.41. The minimum atomic E-state index is 0. The van der Waals surface area contributed by atoms with Gasteiger partial charge in [0.1, 0.15) is 17.3 Å². The first kappa shape index (κ1) is 20.3. The second-order valence-corrected chi connectivity index (χ2v) is 5.39. The van der Waals surface area contributed by atoms with Crippen LogP contribution in [0.5, 0.6) is 5.75 Å². The fraction of sp³-hybridized carbons (Fsp3) is 0.389. The summed E-state index contributed by atoms with van der Waals surface area (Å²) in [6.07, 6.45) is 0.925. The monoisotopic (exact) mass is 443 g/mol. The Bertz CT molecular complexity index is 651. The van der Waals surface area contributed by atoms with Gasteiger partial charge in [-0.05, 0) is 44.0 Å². The van der Waals surface area contributed by atoms with Gasteiger partial charge in [-0.3, -0.25) is 4.99 Å². The number of nitrogens with one attached hydrogen (secondary N) is 2. The number of nitrogens with zero attached hydrogens (tertiary/aromatic N) is 1. The highest BCUT2D eigenvalue weighted by atomic mass is 127. The van der Waals surface area contributed by atoms with Crippen LogP contribution in [0.25, 0.3) is 0 Å². The Balaban J connectivity index is 0.00000288. The van der Waals surface area contributed by atoms with E-state index in [1.54, 1.807) is 14.2 Å². The van der Waals surface area contributed by atoms with Crippen LogP contribution in [0, 0.1) is 13.8 Å². The van der Waals surface area contributed by atoms with Crippen molar-refractivity contribution in [1.29, 1.82) is 0 Å². The van der Waals surface area contributed by atoms with Crippen LogP contribution < -0.4 is 15.4 Å². The summed E-state index contributed by atoms with van der Waals surface area (Å²) in [5, 5.41) is 6.62. The smallest absolute Gasteiger partial charge is 0.191 e. The molecule has 5 nitrogen and oxygen atoms in total. The predicted molar refractivity (Wildman–Crippen MR) is 108 cm³/mol. The second-order valence-electron chi connectivity index (χ2n) is 5.39. The standard InChI is InChI=1S/C18H25N3O2.HI/c1-13-11-16(14(2)23-13)12-21-18(19-3)20-10-9-15-5-7-17(22-4)8-6-15;/h5-8,11H,9-10,12H2,1-4H3,(H2,19,20,21);1H. The number of aryl methyl sites for hydroxylation is 2. The zero-order valence-corrected chi connectivity index (χ0v) is 17.0. The van der Waals surface area contributed by atoms with Gasteiger partial charge in [0.25, 0.3) is 0 Å². The minimum absolute atomic E-state index is 0. The zero-order valence-electron chi connectivity index (χ0n) is 14.7. The molecule has 132 valence electrons. The lowest BCUT2D eigenvalue weighted by molar-refractivity contribution is 0.414. The number of benzene rings is 1. The topological polar surface area (TPSA) is 58.8 Å². The lowest BCUT2D eigenvalue weighted by Gasteiger charge is -2.11. The van der Waals surface area contributed by atoms with Crippen molar-refractivity contribution in [2.45, 2.75) is 26.8 Å². The average Bonchev–Trinajstić information content (AvgIpc) is 2.89. The van der Waals surface area contributed by atoms with Gasteiger partial charge >= 0.3 is 0 Å². The molecule has 0 unspecified atom stereocenters. The lowest BCUT2D eigenvalue weighted by atomic mass is 10.1. The van der Waals surface area contributed by atoms with E-state index in [4.69, 9.17) is 9.15 Å². The van der Waals surface area contributed by atoms with Gasteiger partial charge in [-0.25, -0.2) is 0 Å². The minimum Gasteiger partial charge on any atom is -0.497 e. The number of furan rings is 1. The Morgan fingerprint density at radius 3 is 2.42 bits per heavy atom. The molecule has 6 heteroatoms. The molecule has 2 N–H and O–H groups in total. The molecule has 2 aromatic rings. The highest BCUT2D eigenvalue weighted by molar-refractivity contribution is 14.0. The summed E-state index contributed by atoms with van der Waals surface area (Å²) in [5.74, 6) is 3.55. The largest absolute Gasteiger partial charge is 0.497 e. The molecule has 0 bridgehead atoms. The van der Waals surface area contributed by atoms with Crippen molar-refractivity contribution < 1.29 is 9.15 Å². The van der Waals surface area contributed by atoms with Crippen LogP contribution in [-0.4, -0.2) is 26.7 Å². The molecular weight excluding hydrogens is 417 g/mol. The van der Waals surface area contributed by atoms with E-state index < -0.39 is 0 Å². The molecule has 0 fully saturated rings. The summed E-state index contributed by atoms with van der Waals surface area (Å²) in [7, 11) is 3.45. The van der Waals surface area contributed by atoms with Gasteiger partial charge < -0.3 is 19.8 Å². The number of rotatable bonds is 6. The number of aliphatic imine (C=N–C) groups is 1. The van der Waals surface area contributed by atoms with Gasteiger partial charge in [0, 0.05) is 25.7 Å². The van der Waals surface area contributed by atoms with Crippen molar-refractivity contribution in [3.05, 3.63) is 53.0 Å². The SMILES string of the molecule is CN=C(NCCc1ccc(OC)cc1)NCc1cc(C)oc1C.I. The van der Waals surface area contributed by atoms with Gasteiger partial charge in [0.2, 0.25) is 0 Å². The van der Waals surface area contributed by atoms with E-state index in [2.05, 4.69) is 27.8 Å². The molecule has 0 spiro atoms. The normalized spacial score (nSPS) is 10.9. The molecular formula is C18H26IN3O2. The van der Waals surface area contributed by atoms with Gasteiger partial charge in [-0.1, -0.05) is 12.1 Å². The number of halogens is 1. The van der Waals surface area contributed by atoms with Crippen LogP contribution in [0.2, 0.25) is 0 Å². The maximum Gasteiger partial charge on any atom is 0.191 e. The van der Waals surface area contributed by atoms with E-state index in [1.165, 1.54) is 5.56 Å². The molecule has 0 saturated heterocycles. The maximum absolute atomic E-state index is 5.53. The van der Waals surface area contributed by atoms with Crippen LogP contribution in [0.3, 0.4) is 0 Å². The Hall–Kier alpha value is -1.70. The van der Waals surface area contributed by atoms with Gasteiger partial charge in [0.05, 0.1) is 7.11 Å². The molecule has 0 aliphatic carbocycles. The molecule has 0 aliphatic rings. The van der Waals surface area contributed by atoms with Crippen LogP contribution in [0.1, 0.15) is 22.6 Å². The van der Waals surface area contributed by atoms with Gasteiger partial charge in [0.15, 0.2) is 5.96 Å². The third-order valence-corrected chi connectivity index (χ3v) is 3.68. The quantitative estimate of drug-likeness (QED) is 0.408. The molecule has 0 atom stereocenters. The summed E-state index contributed by atoms with van der Waals surface area (Å²) in [6.45, 7) is 5.45. The molecule has 1 aromatic carbocycles. The van der Waals surface area contributed by atoms with Gasteiger partial charge in [-0.15, -0.1) is 24.0 Å². The zero-order chi connectivity index (χ0) is 16.7. The first-order valence-electron chi connectivity index (χ1n) is 7.75. The van der Waals surface area contributed by atoms with Gasteiger partial charge in [-0.2, -0.15) is 0 Å². The molecule has 2 rings (SSSR count). The third-order valence-electron chi connectivity index (χ3n) is 3.68. The van der Waals surface area contributed by atoms with E-state index >= 15 is 0 Å². The summed E-state index contributed by atoms with van der Waals surface area (Å²) >= 11 is 0. The first-order chi connectivity index (χ1) is 11.1. The molecule has 0 aliphatic heterocycles. The van der Waals surface area contributed by atoms with E-state index in [9.17, 15) is 0 Å². The number of hydrogen-bond acceptors (Lipinski definition) is 3. The summed E-state index contributed by atoms with van der Waals surface area (Å²) < 4.78 is 10.7. The average molecular weight is 443 g/mol. The maximum atomic E-state index is 5.53. The summed E-state index contributed by atoms with van der Waals surface area (Å²) in [4.78, 5) is 4.24. The lowest BCUT2D eigenvalue weighted by Crippen LogP contribution is -2.37. The summed E-state index contributed by atoms with van der Waals surface area (Å²) in [6, 6.07) is 10.2. The number of ether oxygens (including phenoxy) is 1. The van der Waals surface area contributed by atoms with Crippen molar-refractivity contribution in [1.82, 2.24) is 10.6 Å². The van der Waals surface area contributed by atoms with Crippen molar-refractivity contribution in [2.24, 2.45) is 4.99 Å².